The second kappa shape index (κ2) is 10.3. The minimum Gasteiger partial charge on any atom is -0.361 e. The van der Waals surface area contributed by atoms with Crippen molar-refractivity contribution in [3.05, 3.63) is 127 Å². The van der Waals surface area contributed by atoms with Crippen LogP contribution in [0.3, 0.4) is 0 Å². The molecule has 3 aromatic heterocycles. The fourth-order valence-electron chi connectivity index (χ4n) is 4.99. The SMILES string of the molecule is Cc1c(N=c2scc(-c3cccc([N+](=O)[O-])c3)n2CCc2c[nH]c3ccccc23)c(=O)n(-c2ccccc2)n1C. The lowest BCUT2D eigenvalue weighted by molar-refractivity contribution is -0.384. The Morgan fingerprint density at radius 2 is 1.80 bits per heavy atom. The van der Waals surface area contributed by atoms with Crippen molar-refractivity contribution in [1.82, 2.24) is 18.9 Å². The molecular weight excluding hydrogens is 524 g/mol. The maximum absolute atomic E-state index is 13.6. The van der Waals surface area contributed by atoms with Crippen LogP contribution in [0.25, 0.3) is 27.8 Å². The van der Waals surface area contributed by atoms with Crippen molar-refractivity contribution in [2.45, 2.75) is 19.9 Å². The molecule has 6 aromatic rings. The van der Waals surface area contributed by atoms with E-state index in [1.807, 2.05) is 89.4 Å². The smallest absolute Gasteiger partial charge is 0.297 e. The van der Waals surface area contributed by atoms with Crippen LogP contribution in [0, 0.1) is 17.0 Å². The van der Waals surface area contributed by atoms with Crippen LogP contribution >= 0.6 is 11.3 Å². The van der Waals surface area contributed by atoms with Crippen LogP contribution in [0.4, 0.5) is 11.4 Å². The van der Waals surface area contributed by atoms with E-state index in [9.17, 15) is 14.9 Å². The van der Waals surface area contributed by atoms with Gasteiger partial charge in [-0.3, -0.25) is 19.6 Å². The molecule has 9 nitrogen and oxygen atoms in total. The fourth-order valence-corrected chi connectivity index (χ4v) is 5.93. The van der Waals surface area contributed by atoms with Gasteiger partial charge in [0.15, 0.2) is 10.5 Å². The number of hydrogen-bond donors (Lipinski definition) is 1. The standard InChI is InChI=1S/C30H26N6O3S/c1-20-28(29(37)35(33(20)2)23-10-4-3-5-11-23)32-30-34(16-15-22-18-31-26-14-7-6-13-25(22)26)27(19-40-30)21-9-8-12-24(17-21)36(38)39/h3-14,17-19,31H,15-16H2,1-2H3. The second-order valence-corrected chi connectivity index (χ2v) is 10.3. The Kier molecular flexibility index (Phi) is 6.53. The average Bonchev–Trinajstić information content (AvgIpc) is 3.63. The zero-order valence-electron chi connectivity index (χ0n) is 21.9. The molecule has 0 bridgehead atoms. The third-order valence-electron chi connectivity index (χ3n) is 7.16. The molecule has 6 rings (SSSR count). The molecule has 200 valence electrons. The first-order valence-corrected chi connectivity index (χ1v) is 13.7. The number of benzene rings is 3. The number of rotatable bonds is 7. The van der Waals surface area contributed by atoms with Crippen LogP contribution in [0.5, 0.6) is 0 Å². The number of nitro groups is 1. The van der Waals surface area contributed by atoms with Gasteiger partial charge in [0, 0.05) is 53.8 Å². The molecular formula is C30H26N6O3S. The van der Waals surface area contributed by atoms with E-state index < -0.39 is 4.92 Å². The van der Waals surface area contributed by atoms with Gasteiger partial charge < -0.3 is 9.55 Å². The van der Waals surface area contributed by atoms with Gasteiger partial charge in [-0.05, 0) is 37.1 Å². The minimum atomic E-state index is -0.392. The molecule has 0 radical (unpaired) electrons. The Hall–Kier alpha value is -4.96. The highest BCUT2D eigenvalue weighted by atomic mass is 32.1. The summed E-state index contributed by atoms with van der Waals surface area (Å²) in [7, 11) is 1.84. The number of fused-ring (bicyclic) bond motifs is 1. The van der Waals surface area contributed by atoms with Crippen molar-refractivity contribution in [2.24, 2.45) is 12.0 Å². The fraction of sp³-hybridized carbons (Fsp3) is 0.133. The number of para-hydroxylation sites is 2. The van der Waals surface area contributed by atoms with Crippen LogP contribution < -0.4 is 10.4 Å². The van der Waals surface area contributed by atoms with E-state index in [1.54, 1.807) is 16.8 Å². The molecule has 0 spiro atoms. The molecule has 0 saturated heterocycles. The van der Waals surface area contributed by atoms with Gasteiger partial charge in [0.25, 0.3) is 11.2 Å². The molecule has 10 heteroatoms. The third-order valence-corrected chi connectivity index (χ3v) is 8.02. The number of aromatic nitrogens is 4. The highest BCUT2D eigenvalue weighted by molar-refractivity contribution is 7.07. The summed E-state index contributed by atoms with van der Waals surface area (Å²) in [5.74, 6) is 0. The van der Waals surface area contributed by atoms with Crippen molar-refractivity contribution < 1.29 is 4.92 Å². The Bertz CT molecular complexity index is 1990. The number of non-ortho nitro benzene ring substituents is 1. The normalized spacial score (nSPS) is 11.9. The van der Waals surface area contributed by atoms with Crippen molar-refractivity contribution in [3.63, 3.8) is 0 Å². The molecule has 0 fully saturated rings. The summed E-state index contributed by atoms with van der Waals surface area (Å²) in [5.41, 5.74) is 5.43. The summed E-state index contributed by atoms with van der Waals surface area (Å²) < 4.78 is 5.46. The van der Waals surface area contributed by atoms with Gasteiger partial charge in [-0.15, -0.1) is 11.3 Å². The van der Waals surface area contributed by atoms with Crippen LogP contribution in [-0.2, 0) is 20.0 Å². The Morgan fingerprint density at radius 1 is 1.02 bits per heavy atom. The number of thiazole rings is 1. The third kappa shape index (κ3) is 4.48. The van der Waals surface area contributed by atoms with Crippen molar-refractivity contribution in [3.8, 4) is 16.9 Å². The van der Waals surface area contributed by atoms with Crippen molar-refractivity contribution >= 4 is 33.6 Å². The summed E-state index contributed by atoms with van der Waals surface area (Å²) in [6.45, 7) is 2.45. The molecule has 0 amide bonds. The van der Waals surface area contributed by atoms with Gasteiger partial charge in [-0.25, -0.2) is 9.67 Å². The van der Waals surface area contributed by atoms with E-state index in [2.05, 4.69) is 11.1 Å². The highest BCUT2D eigenvalue weighted by Crippen LogP contribution is 2.26. The topological polar surface area (TPSA) is 103 Å². The Labute approximate surface area is 233 Å². The summed E-state index contributed by atoms with van der Waals surface area (Å²) in [4.78, 5) is 33.5. The van der Waals surface area contributed by atoms with Crippen molar-refractivity contribution in [1.29, 1.82) is 0 Å². The summed E-state index contributed by atoms with van der Waals surface area (Å²) in [6, 6.07) is 24.2. The molecule has 0 aliphatic rings. The molecule has 40 heavy (non-hydrogen) atoms. The predicted octanol–water partition coefficient (Wildman–Crippen LogP) is 5.88. The number of hydrogen-bond acceptors (Lipinski definition) is 5. The monoisotopic (exact) mass is 550 g/mol. The van der Waals surface area contributed by atoms with E-state index in [4.69, 9.17) is 4.99 Å². The van der Waals surface area contributed by atoms with Gasteiger partial charge >= 0.3 is 0 Å². The van der Waals surface area contributed by atoms with Crippen LogP contribution in [0.15, 0.2) is 100 Å². The number of nitro benzene ring substituents is 1. The van der Waals surface area contributed by atoms with E-state index in [0.29, 0.717) is 23.5 Å². The predicted molar refractivity (Wildman–Crippen MR) is 157 cm³/mol. The minimum absolute atomic E-state index is 0.0232. The molecule has 0 saturated carbocycles. The molecule has 3 aromatic carbocycles. The van der Waals surface area contributed by atoms with Crippen LogP contribution in [0.2, 0.25) is 0 Å². The largest absolute Gasteiger partial charge is 0.361 e. The van der Waals surface area contributed by atoms with E-state index in [-0.39, 0.29) is 11.2 Å². The molecule has 0 aliphatic carbocycles. The zero-order chi connectivity index (χ0) is 27.8. The van der Waals surface area contributed by atoms with Crippen molar-refractivity contribution in [2.75, 3.05) is 0 Å². The van der Waals surface area contributed by atoms with E-state index >= 15 is 0 Å². The average molecular weight is 551 g/mol. The number of nitrogens with zero attached hydrogens (tertiary/aromatic N) is 5. The molecule has 0 aliphatic heterocycles. The van der Waals surface area contributed by atoms with Gasteiger partial charge in [-0.2, -0.15) is 0 Å². The highest BCUT2D eigenvalue weighted by Gasteiger charge is 2.18. The first-order valence-electron chi connectivity index (χ1n) is 12.8. The van der Waals surface area contributed by atoms with Crippen LogP contribution in [-0.4, -0.2) is 23.8 Å². The molecule has 0 unspecified atom stereocenters. The quantitative estimate of drug-likeness (QED) is 0.198. The van der Waals surface area contributed by atoms with Gasteiger partial charge in [-0.1, -0.05) is 48.5 Å². The Morgan fingerprint density at radius 3 is 2.60 bits per heavy atom. The first-order chi connectivity index (χ1) is 19.4. The molecule has 0 atom stereocenters. The van der Waals surface area contributed by atoms with Gasteiger partial charge in [0.2, 0.25) is 0 Å². The van der Waals surface area contributed by atoms with Crippen LogP contribution in [0.1, 0.15) is 11.3 Å². The first kappa shape index (κ1) is 25.3. The summed E-state index contributed by atoms with van der Waals surface area (Å²) >= 11 is 1.41. The maximum atomic E-state index is 13.6. The van der Waals surface area contributed by atoms with Gasteiger partial charge in [0.05, 0.1) is 22.0 Å². The number of H-pyrrole nitrogens is 1. The number of aryl methyl sites for hydroxylation is 1. The lowest BCUT2D eigenvalue weighted by Crippen LogP contribution is -2.20. The number of nitrogens with one attached hydrogen (secondary N) is 1. The lowest BCUT2D eigenvalue weighted by Gasteiger charge is -2.09. The zero-order valence-corrected chi connectivity index (χ0v) is 22.8. The van der Waals surface area contributed by atoms with E-state index in [0.717, 1.165) is 39.1 Å². The maximum Gasteiger partial charge on any atom is 0.297 e. The number of aromatic amines is 1. The van der Waals surface area contributed by atoms with E-state index in [1.165, 1.54) is 17.4 Å². The van der Waals surface area contributed by atoms with Gasteiger partial charge in [0.1, 0.15) is 0 Å². The second-order valence-electron chi connectivity index (χ2n) is 9.49. The molecule has 3 heterocycles. The Balaban J connectivity index is 1.49. The lowest BCUT2D eigenvalue weighted by atomic mass is 10.1. The summed E-state index contributed by atoms with van der Waals surface area (Å²) in [6.07, 6.45) is 2.72. The molecule has 1 N–H and O–H groups in total. The summed E-state index contributed by atoms with van der Waals surface area (Å²) in [5, 5.41) is 14.6.